The molecule has 0 rings (SSSR count). The van der Waals surface area contributed by atoms with Gasteiger partial charge in [-0.15, -0.1) is 0 Å². The predicted octanol–water partition coefficient (Wildman–Crippen LogP) is 0.305. The molecule has 0 saturated heterocycles. The van der Waals surface area contributed by atoms with Gasteiger partial charge in [0.05, 0.1) is 0 Å². The highest BCUT2D eigenvalue weighted by Crippen LogP contribution is 1.83. The molecule has 0 aromatic heterocycles. The summed E-state index contributed by atoms with van der Waals surface area (Å²) in [6.45, 7) is 4.35. The van der Waals surface area contributed by atoms with E-state index in [1.54, 1.807) is 0 Å². The second kappa shape index (κ2) is 8.33. The first-order chi connectivity index (χ1) is 5.81. The van der Waals surface area contributed by atoms with Crippen LogP contribution in [-0.4, -0.2) is 32.7 Å². The summed E-state index contributed by atoms with van der Waals surface area (Å²) in [6, 6.07) is -0.0676. The second-order valence-corrected chi connectivity index (χ2v) is 2.60. The lowest BCUT2D eigenvalue weighted by molar-refractivity contribution is 0.241. The van der Waals surface area contributed by atoms with Crippen molar-refractivity contribution in [3.63, 3.8) is 0 Å². The fourth-order valence-corrected chi connectivity index (χ4v) is 0.852. The van der Waals surface area contributed by atoms with Crippen LogP contribution in [-0.2, 0) is 0 Å². The standard InChI is InChI=1S/C8H19N3O/c1-3-10-8(12)11-7-5-4-6-9-2/h9H,3-7H2,1-2H3,(H2,10,11,12). The maximum Gasteiger partial charge on any atom is 0.314 e. The highest BCUT2D eigenvalue weighted by Gasteiger charge is 1.94. The fraction of sp³-hybridized carbons (Fsp3) is 0.875. The highest BCUT2D eigenvalue weighted by atomic mass is 16.2. The Morgan fingerprint density at radius 1 is 1.17 bits per heavy atom. The van der Waals surface area contributed by atoms with Crippen molar-refractivity contribution in [1.29, 1.82) is 0 Å². The molecule has 2 amide bonds. The average Bonchev–Trinajstić information content (AvgIpc) is 2.05. The Morgan fingerprint density at radius 3 is 2.42 bits per heavy atom. The van der Waals surface area contributed by atoms with Gasteiger partial charge in [-0.1, -0.05) is 0 Å². The van der Waals surface area contributed by atoms with Crippen molar-refractivity contribution in [3.05, 3.63) is 0 Å². The van der Waals surface area contributed by atoms with E-state index in [9.17, 15) is 4.79 Å². The number of nitrogens with one attached hydrogen (secondary N) is 3. The molecule has 0 heterocycles. The normalized spacial score (nSPS) is 9.50. The Hall–Kier alpha value is -0.770. The van der Waals surface area contributed by atoms with E-state index in [0.717, 1.165) is 25.9 Å². The van der Waals surface area contributed by atoms with Gasteiger partial charge in [-0.2, -0.15) is 0 Å². The van der Waals surface area contributed by atoms with Gasteiger partial charge in [0.1, 0.15) is 0 Å². The largest absolute Gasteiger partial charge is 0.338 e. The van der Waals surface area contributed by atoms with Gasteiger partial charge in [0.2, 0.25) is 0 Å². The molecule has 0 aliphatic rings. The number of hydrogen-bond acceptors (Lipinski definition) is 2. The van der Waals surface area contributed by atoms with Crippen molar-refractivity contribution >= 4 is 6.03 Å². The van der Waals surface area contributed by atoms with Crippen LogP contribution in [0.25, 0.3) is 0 Å². The molecule has 72 valence electrons. The van der Waals surface area contributed by atoms with Crippen LogP contribution in [0.5, 0.6) is 0 Å². The molecular weight excluding hydrogens is 154 g/mol. The molecule has 12 heavy (non-hydrogen) atoms. The number of urea groups is 1. The Bertz CT molecular complexity index is 117. The van der Waals surface area contributed by atoms with Crippen LogP contribution in [0.4, 0.5) is 4.79 Å². The van der Waals surface area contributed by atoms with Gasteiger partial charge in [-0.3, -0.25) is 0 Å². The van der Waals surface area contributed by atoms with Gasteiger partial charge in [0.25, 0.3) is 0 Å². The average molecular weight is 173 g/mol. The minimum atomic E-state index is -0.0676. The van der Waals surface area contributed by atoms with E-state index >= 15 is 0 Å². The molecule has 0 aromatic rings. The quantitative estimate of drug-likeness (QED) is 0.506. The Morgan fingerprint density at radius 2 is 1.83 bits per heavy atom. The smallest absolute Gasteiger partial charge is 0.314 e. The first kappa shape index (κ1) is 11.2. The number of unbranched alkanes of at least 4 members (excludes halogenated alkanes) is 1. The van der Waals surface area contributed by atoms with E-state index in [1.807, 2.05) is 14.0 Å². The van der Waals surface area contributed by atoms with Crippen LogP contribution in [0, 0.1) is 0 Å². The van der Waals surface area contributed by atoms with Crippen molar-refractivity contribution in [2.24, 2.45) is 0 Å². The maximum absolute atomic E-state index is 10.8. The van der Waals surface area contributed by atoms with Gasteiger partial charge in [0.15, 0.2) is 0 Å². The molecule has 0 aromatic carbocycles. The van der Waals surface area contributed by atoms with E-state index in [1.165, 1.54) is 0 Å². The molecule has 0 atom stereocenters. The molecule has 0 saturated carbocycles. The van der Waals surface area contributed by atoms with Crippen LogP contribution in [0.3, 0.4) is 0 Å². The number of amides is 2. The molecule has 0 fully saturated rings. The van der Waals surface area contributed by atoms with Gasteiger partial charge in [0, 0.05) is 13.1 Å². The van der Waals surface area contributed by atoms with E-state index in [4.69, 9.17) is 0 Å². The lowest BCUT2D eigenvalue weighted by atomic mass is 10.3. The number of carbonyl (C=O) groups is 1. The number of carbonyl (C=O) groups excluding carboxylic acids is 1. The topological polar surface area (TPSA) is 53.2 Å². The third kappa shape index (κ3) is 7.34. The molecular formula is C8H19N3O. The van der Waals surface area contributed by atoms with E-state index < -0.39 is 0 Å². The molecule has 0 radical (unpaired) electrons. The molecule has 0 aliphatic heterocycles. The molecule has 0 spiro atoms. The second-order valence-electron chi connectivity index (χ2n) is 2.60. The first-order valence-electron chi connectivity index (χ1n) is 4.47. The van der Waals surface area contributed by atoms with E-state index in [0.29, 0.717) is 6.54 Å². The SMILES string of the molecule is CCNC(=O)NCCCCNC. The summed E-state index contributed by atoms with van der Waals surface area (Å²) in [6.07, 6.45) is 2.13. The Labute approximate surface area is 74.1 Å². The molecule has 4 heteroatoms. The lowest BCUT2D eigenvalue weighted by Crippen LogP contribution is -2.35. The fourth-order valence-electron chi connectivity index (χ4n) is 0.852. The summed E-state index contributed by atoms with van der Waals surface area (Å²) in [5, 5.41) is 8.49. The van der Waals surface area contributed by atoms with Crippen LogP contribution in [0.1, 0.15) is 19.8 Å². The molecule has 0 aliphatic carbocycles. The van der Waals surface area contributed by atoms with Crippen molar-refractivity contribution in [2.75, 3.05) is 26.7 Å². The highest BCUT2D eigenvalue weighted by molar-refractivity contribution is 5.73. The molecule has 4 nitrogen and oxygen atoms in total. The first-order valence-corrected chi connectivity index (χ1v) is 4.47. The minimum Gasteiger partial charge on any atom is -0.338 e. The zero-order chi connectivity index (χ0) is 9.23. The number of rotatable bonds is 6. The maximum atomic E-state index is 10.8. The van der Waals surface area contributed by atoms with Crippen LogP contribution in [0.2, 0.25) is 0 Å². The Kier molecular flexibility index (Phi) is 7.79. The van der Waals surface area contributed by atoms with Gasteiger partial charge in [-0.25, -0.2) is 4.79 Å². The lowest BCUT2D eigenvalue weighted by Gasteiger charge is -2.04. The van der Waals surface area contributed by atoms with Crippen molar-refractivity contribution in [2.45, 2.75) is 19.8 Å². The van der Waals surface area contributed by atoms with E-state index in [2.05, 4.69) is 16.0 Å². The summed E-state index contributed by atoms with van der Waals surface area (Å²) >= 11 is 0. The van der Waals surface area contributed by atoms with Gasteiger partial charge < -0.3 is 16.0 Å². The van der Waals surface area contributed by atoms with Crippen molar-refractivity contribution in [3.8, 4) is 0 Å². The van der Waals surface area contributed by atoms with Crippen LogP contribution in [0.15, 0.2) is 0 Å². The van der Waals surface area contributed by atoms with Gasteiger partial charge >= 0.3 is 6.03 Å². The Balaban J connectivity index is 3.03. The van der Waals surface area contributed by atoms with Crippen molar-refractivity contribution < 1.29 is 4.79 Å². The monoisotopic (exact) mass is 173 g/mol. The third-order valence-electron chi connectivity index (χ3n) is 1.48. The van der Waals surface area contributed by atoms with Crippen LogP contribution >= 0.6 is 0 Å². The zero-order valence-electron chi connectivity index (χ0n) is 7.94. The summed E-state index contributed by atoms with van der Waals surface area (Å²) in [4.78, 5) is 10.8. The van der Waals surface area contributed by atoms with E-state index in [-0.39, 0.29) is 6.03 Å². The zero-order valence-corrected chi connectivity index (χ0v) is 7.94. The summed E-state index contributed by atoms with van der Waals surface area (Å²) in [5.41, 5.74) is 0. The van der Waals surface area contributed by atoms with Gasteiger partial charge in [-0.05, 0) is 33.4 Å². The predicted molar refractivity (Wildman–Crippen MR) is 50.2 cm³/mol. The van der Waals surface area contributed by atoms with Crippen LogP contribution < -0.4 is 16.0 Å². The number of hydrogen-bond donors (Lipinski definition) is 3. The summed E-state index contributed by atoms with van der Waals surface area (Å²) in [7, 11) is 1.93. The molecule has 0 bridgehead atoms. The van der Waals surface area contributed by atoms with Crippen molar-refractivity contribution in [1.82, 2.24) is 16.0 Å². The molecule has 0 unspecified atom stereocenters. The summed E-state index contributed by atoms with van der Waals surface area (Å²) < 4.78 is 0. The third-order valence-corrected chi connectivity index (χ3v) is 1.48. The minimum absolute atomic E-state index is 0.0676. The summed E-state index contributed by atoms with van der Waals surface area (Å²) in [5.74, 6) is 0. The molecule has 3 N–H and O–H groups in total.